The Kier molecular flexibility index (Phi) is 4.22. The molecule has 0 aliphatic carbocycles. The summed E-state index contributed by atoms with van der Waals surface area (Å²) in [5.74, 6) is 0. The van der Waals surface area contributed by atoms with E-state index in [1.54, 1.807) is 12.5 Å². The van der Waals surface area contributed by atoms with Crippen LogP contribution in [0.3, 0.4) is 0 Å². The van der Waals surface area contributed by atoms with Crippen molar-refractivity contribution in [1.82, 2.24) is 4.72 Å². The molecule has 0 fully saturated rings. The topological polar surface area (TPSA) is 42.2 Å². The number of hydrogen-bond acceptors (Lipinski definition) is 2. The molecule has 1 heterocycles. The van der Waals surface area contributed by atoms with Crippen LogP contribution >= 0.6 is 0 Å². The molecular formula is C15H19NO2S. The van der Waals surface area contributed by atoms with Gasteiger partial charge in [0.2, 0.25) is 0 Å². The van der Waals surface area contributed by atoms with Gasteiger partial charge in [-0.25, -0.2) is 8.93 Å². The summed E-state index contributed by atoms with van der Waals surface area (Å²) in [5.41, 5.74) is 2.05. The highest BCUT2D eigenvalue weighted by Gasteiger charge is 2.24. The molecule has 0 saturated carbocycles. The first-order valence-corrected chi connectivity index (χ1v) is 7.38. The van der Waals surface area contributed by atoms with E-state index in [4.69, 9.17) is 4.42 Å². The smallest absolute Gasteiger partial charge is 0.0979 e. The molecule has 0 spiro atoms. The quantitative estimate of drug-likeness (QED) is 0.930. The highest BCUT2D eigenvalue weighted by molar-refractivity contribution is 7.84. The molecule has 0 amide bonds. The number of rotatable bonds is 4. The Labute approximate surface area is 116 Å². The fraction of sp³-hybridized carbons (Fsp3) is 0.333. The summed E-state index contributed by atoms with van der Waals surface area (Å²) in [6.45, 7) is 5.86. The van der Waals surface area contributed by atoms with E-state index in [2.05, 4.69) is 4.72 Å². The minimum absolute atomic E-state index is 0.125. The first-order valence-electron chi connectivity index (χ1n) is 6.23. The van der Waals surface area contributed by atoms with Gasteiger partial charge in [-0.15, -0.1) is 0 Å². The van der Waals surface area contributed by atoms with E-state index in [1.807, 2.05) is 57.2 Å². The van der Waals surface area contributed by atoms with Crippen molar-refractivity contribution < 1.29 is 8.63 Å². The monoisotopic (exact) mass is 277 g/mol. The first kappa shape index (κ1) is 14.0. The Bertz CT molecular complexity index is 529. The molecule has 19 heavy (non-hydrogen) atoms. The standard InChI is InChI=1S/C15H19NO2S/c1-15(2,3)19(17)16-14(13-9-10-18-11-13)12-7-5-4-6-8-12/h4-11,14,16H,1-3H3/t14-,19+/m0/s1. The van der Waals surface area contributed by atoms with Crippen LogP contribution in [0.15, 0.2) is 53.3 Å². The molecule has 1 aromatic heterocycles. The van der Waals surface area contributed by atoms with Crippen LogP contribution in [0.5, 0.6) is 0 Å². The largest absolute Gasteiger partial charge is 0.472 e. The van der Waals surface area contributed by atoms with E-state index in [0.717, 1.165) is 11.1 Å². The van der Waals surface area contributed by atoms with Gasteiger partial charge in [-0.2, -0.15) is 0 Å². The van der Waals surface area contributed by atoms with Crippen molar-refractivity contribution in [2.24, 2.45) is 0 Å². The van der Waals surface area contributed by atoms with Crippen molar-refractivity contribution in [3.05, 3.63) is 60.1 Å². The van der Waals surface area contributed by atoms with E-state index in [1.165, 1.54) is 0 Å². The van der Waals surface area contributed by atoms with Gasteiger partial charge in [0.25, 0.3) is 0 Å². The summed E-state index contributed by atoms with van der Waals surface area (Å²) in [5, 5.41) is 0. The molecule has 102 valence electrons. The minimum atomic E-state index is -1.14. The summed E-state index contributed by atoms with van der Waals surface area (Å²) < 4.78 is 20.3. The fourth-order valence-corrected chi connectivity index (χ4v) is 2.54. The second-order valence-corrected chi connectivity index (χ2v) is 7.40. The van der Waals surface area contributed by atoms with Crippen molar-refractivity contribution in [3.8, 4) is 0 Å². The third-order valence-corrected chi connectivity index (χ3v) is 4.35. The summed E-state index contributed by atoms with van der Waals surface area (Å²) in [4.78, 5) is 0. The van der Waals surface area contributed by atoms with E-state index in [-0.39, 0.29) is 10.8 Å². The van der Waals surface area contributed by atoms with Gasteiger partial charge in [-0.1, -0.05) is 30.3 Å². The van der Waals surface area contributed by atoms with Crippen LogP contribution in [0.1, 0.15) is 37.9 Å². The molecule has 2 rings (SSSR count). The Hall–Kier alpha value is -1.39. The number of benzene rings is 1. The Morgan fingerprint density at radius 3 is 2.32 bits per heavy atom. The zero-order valence-electron chi connectivity index (χ0n) is 11.4. The minimum Gasteiger partial charge on any atom is -0.472 e. The molecule has 2 atom stereocenters. The lowest BCUT2D eigenvalue weighted by Crippen LogP contribution is -2.36. The number of furan rings is 1. The van der Waals surface area contributed by atoms with Gasteiger partial charge in [0, 0.05) is 5.56 Å². The van der Waals surface area contributed by atoms with E-state index in [9.17, 15) is 4.21 Å². The summed E-state index contributed by atoms with van der Waals surface area (Å²) in [7, 11) is -1.14. The lowest BCUT2D eigenvalue weighted by atomic mass is 10.0. The normalized spacial score (nSPS) is 15.1. The molecule has 1 N–H and O–H groups in total. The Morgan fingerprint density at radius 2 is 1.79 bits per heavy atom. The van der Waals surface area contributed by atoms with E-state index in [0.29, 0.717) is 0 Å². The van der Waals surface area contributed by atoms with Crippen LogP contribution in [0.4, 0.5) is 0 Å². The second kappa shape index (κ2) is 5.72. The van der Waals surface area contributed by atoms with Crippen molar-refractivity contribution in [2.45, 2.75) is 31.6 Å². The van der Waals surface area contributed by atoms with Gasteiger partial charge in [0.05, 0.1) is 34.3 Å². The van der Waals surface area contributed by atoms with Crippen LogP contribution in [0, 0.1) is 0 Å². The maximum Gasteiger partial charge on any atom is 0.0979 e. The Morgan fingerprint density at radius 1 is 1.11 bits per heavy atom. The van der Waals surface area contributed by atoms with Gasteiger partial charge >= 0.3 is 0 Å². The lowest BCUT2D eigenvalue weighted by Gasteiger charge is -2.24. The lowest BCUT2D eigenvalue weighted by molar-refractivity contribution is 0.559. The van der Waals surface area contributed by atoms with Crippen molar-refractivity contribution in [1.29, 1.82) is 0 Å². The third kappa shape index (κ3) is 3.55. The molecule has 0 saturated heterocycles. The summed E-state index contributed by atoms with van der Waals surface area (Å²) >= 11 is 0. The van der Waals surface area contributed by atoms with Crippen molar-refractivity contribution in [3.63, 3.8) is 0 Å². The molecule has 1 aromatic carbocycles. The molecule has 4 heteroatoms. The number of nitrogens with one attached hydrogen (secondary N) is 1. The highest BCUT2D eigenvalue weighted by Crippen LogP contribution is 2.24. The molecule has 0 aliphatic heterocycles. The van der Waals surface area contributed by atoms with Crippen molar-refractivity contribution >= 4 is 11.0 Å². The molecule has 0 unspecified atom stereocenters. The number of hydrogen-bond donors (Lipinski definition) is 1. The van der Waals surface area contributed by atoms with Crippen molar-refractivity contribution in [2.75, 3.05) is 0 Å². The predicted octanol–water partition coefficient (Wildman–Crippen LogP) is 3.42. The van der Waals surface area contributed by atoms with Gasteiger partial charge in [-0.3, -0.25) is 0 Å². The van der Waals surface area contributed by atoms with Gasteiger partial charge in [0.1, 0.15) is 0 Å². The SMILES string of the molecule is CC(C)(C)[S@@](=O)N[C@@H](c1ccccc1)c1ccoc1. The molecule has 0 radical (unpaired) electrons. The van der Waals surface area contributed by atoms with E-state index < -0.39 is 11.0 Å². The average Bonchev–Trinajstić information content (AvgIpc) is 2.89. The zero-order valence-corrected chi connectivity index (χ0v) is 12.2. The van der Waals surface area contributed by atoms with Crippen LogP contribution in [-0.2, 0) is 11.0 Å². The molecule has 2 aromatic rings. The molecule has 0 aliphatic rings. The van der Waals surface area contributed by atoms with Gasteiger partial charge in [0.15, 0.2) is 0 Å². The maximum atomic E-state index is 12.3. The molecule has 0 bridgehead atoms. The maximum absolute atomic E-state index is 12.3. The van der Waals surface area contributed by atoms with Crippen LogP contribution in [-0.4, -0.2) is 8.96 Å². The van der Waals surface area contributed by atoms with Crippen LogP contribution in [0.2, 0.25) is 0 Å². The summed E-state index contributed by atoms with van der Waals surface area (Å²) in [6, 6.07) is 11.7. The average molecular weight is 277 g/mol. The second-order valence-electron chi connectivity index (χ2n) is 5.40. The van der Waals surface area contributed by atoms with Crippen LogP contribution < -0.4 is 4.72 Å². The van der Waals surface area contributed by atoms with E-state index >= 15 is 0 Å². The zero-order chi connectivity index (χ0) is 13.9. The van der Waals surface area contributed by atoms with Crippen LogP contribution in [0.25, 0.3) is 0 Å². The highest BCUT2D eigenvalue weighted by atomic mass is 32.2. The Balaban J connectivity index is 2.29. The summed E-state index contributed by atoms with van der Waals surface area (Å²) in [6.07, 6.45) is 3.32. The molecule has 3 nitrogen and oxygen atoms in total. The van der Waals surface area contributed by atoms with Gasteiger partial charge in [-0.05, 0) is 32.4 Å². The third-order valence-electron chi connectivity index (χ3n) is 2.79. The molecular weight excluding hydrogens is 258 g/mol. The predicted molar refractivity (Wildman–Crippen MR) is 78.0 cm³/mol. The first-order chi connectivity index (χ1) is 8.98. The fourth-order valence-electron chi connectivity index (χ4n) is 1.70. The van der Waals surface area contributed by atoms with Gasteiger partial charge < -0.3 is 4.42 Å².